The number of fused-ring (bicyclic) bond motifs is 1. The summed E-state index contributed by atoms with van der Waals surface area (Å²) in [6.07, 6.45) is 1.02. The van der Waals surface area contributed by atoms with E-state index >= 15 is 0 Å². The van der Waals surface area contributed by atoms with E-state index in [0.29, 0.717) is 18.1 Å². The van der Waals surface area contributed by atoms with Gasteiger partial charge >= 0.3 is 5.97 Å². The van der Waals surface area contributed by atoms with Gasteiger partial charge in [0.2, 0.25) is 0 Å². The van der Waals surface area contributed by atoms with Gasteiger partial charge in [-0.05, 0) is 22.8 Å². The van der Waals surface area contributed by atoms with Gasteiger partial charge in [0.25, 0.3) is 0 Å². The van der Waals surface area contributed by atoms with Crippen molar-refractivity contribution in [3.05, 3.63) is 48.0 Å². The molecule has 0 bridgehead atoms. The van der Waals surface area contributed by atoms with Gasteiger partial charge in [-0.15, -0.1) is 0 Å². The van der Waals surface area contributed by atoms with Crippen LogP contribution in [0.2, 0.25) is 0 Å². The van der Waals surface area contributed by atoms with Crippen LogP contribution in [0.4, 0.5) is 0 Å². The molecule has 2 heteroatoms. The van der Waals surface area contributed by atoms with E-state index in [-0.39, 0.29) is 5.97 Å². The van der Waals surface area contributed by atoms with E-state index in [9.17, 15) is 4.79 Å². The van der Waals surface area contributed by atoms with E-state index in [4.69, 9.17) is 4.74 Å². The molecule has 2 rings (SSSR count). The maximum absolute atomic E-state index is 12.1. The summed E-state index contributed by atoms with van der Waals surface area (Å²) in [5.74, 6) is 0.177. The maximum Gasteiger partial charge on any atom is 0.338 e. The Balaban J connectivity index is 2.22. The van der Waals surface area contributed by atoms with Crippen LogP contribution >= 0.6 is 0 Å². The fraction of sp³-hybridized carbons (Fsp3) is 0.312. The van der Waals surface area contributed by atoms with Gasteiger partial charge in [0, 0.05) is 0 Å². The molecule has 0 radical (unpaired) electrons. The molecule has 2 nitrogen and oxygen atoms in total. The van der Waals surface area contributed by atoms with Crippen molar-refractivity contribution in [3.63, 3.8) is 0 Å². The summed E-state index contributed by atoms with van der Waals surface area (Å²) >= 11 is 0. The first kappa shape index (κ1) is 12.6. The van der Waals surface area contributed by atoms with Crippen LogP contribution in [0.25, 0.3) is 10.8 Å². The zero-order valence-corrected chi connectivity index (χ0v) is 10.8. The molecule has 0 aliphatic carbocycles. The summed E-state index contributed by atoms with van der Waals surface area (Å²) in [5, 5.41) is 2.02. The fourth-order valence-electron chi connectivity index (χ4n) is 1.82. The van der Waals surface area contributed by atoms with Crippen LogP contribution in [0.15, 0.2) is 42.5 Å². The molecule has 0 aromatic heterocycles. The zero-order valence-electron chi connectivity index (χ0n) is 10.8. The standard InChI is InChI=1S/C16H18O2/c1-3-12(2)11-18-16(17)15-10-6-8-13-7-4-5-9-14(13)15/h4-10,12H,3,11H2,1-2H3/t12-/m1/s1. The lowest BCUT2D eigenvalue weighted by Gasteiger charge is -2.10. The lowest BCUT2D eigenvalue weighted by Crippen LogP contribution is -2.11. The number of esters is 1. The van der Waals surface area contributed by atoms with Gasteiger partial charge < -0.3 is 4.74 Å². The average molecular weight is 242 g/mol. The Morgan fingerprint density at radius 2 is 1.89 bits per heavy atom. The van der Waals surface area contributed by atoms with E-state index < -0.39 is 0 Å². The van der Waals surface area contributed by atoms with Crippen LogP contribution in [0.5, 0.6) is 0 Å². The van der Waals surface area contributed by atoms with Crippen molar-refractivity contribution in [2.24, 2.45) is 5.92 Å². The Morgan fingerprint density at radius 3 is 2.67 bits per heavy atom. The fourth-order valence-corrected chi connectivity index (χ4v) is 1.82. The number of hydrogen-bond acceptors (Lipinski definition) is 2. The minimum atomic E-state index is -0.230. The van der Waals surface area contributed by atoms with Gasteiger partial charge in [0.15, 0.2) is 0 Å². The van der Waals surface area contributed by atoms with Crippen LogP contribution < -0.4 is 0 Å². The van der Waals surface area contributed by atoms with Crippen LogP contribution in [0.1, 0.15) is 30.6 Å². The number of carbonyl (C=O) groups is 1. The van der Waals surface area contributed by atoms with Crippen molar-refractivity contribution in [2.75, 3.05) is 6.61 Å². The average Bonchev–Trinajstić information content (AvgIpc) is 2.43. The summed E-state index contributed by atoms with van der Waals surface area (Å²) in [7, 11) is 0. The van der Waals surface area contributed by atoms with Gasteiger partial charge in [-0.3, -0.25) is 0 Å². The van der Waals surface area contributed by atoms with Crippen LogP contribution in [0.3, 0.4) is 0 Å². The molecule has 1 atom stereocenters. The molecule has 0 saturated heterocycles. The lowest BCUT2D eigenvalue weighted by molar-refractivity contribution is 0.0449. The highest BCUT2D eigenvalue weighted by atomic mass is 16.5. The number of carbonyl (C=O) groups excluding carboxylic acids is 1. The summed E-state index contributed by atoms with van der Waals surface area (Å²) in [4.78, 5) is 12.1. The van der Waals surface area contributed by atoms with E-state index in [1.165, 1.54) is 0 Å². The number of hydrogen-bond donors (Lipinski definition) is 0. The number of rotatable bonds is 4. The molecule has 94 valence electrons. The first-order valence-corrected chi connectivity index (χ1v) is 6.37. The van der Waals surface area contributed by atoms with Gasteiger partial charge in [0.05, 0.1) is 12.2 Å². The molecule has 0 heterocycles. The van der Waals surface area contributed by atoms with Crippen molar-refractivity contribution in [2.45, 2.75) is 20.3 Å². The molecular formula is C16H18O2. The van der Waals surface area contributed by atoms with Crippen molar-refractivity contribution in [1.29, 1.82) is 0 Å². The minimum Gasteiger partial charge on any atom is -0.462 e. The van der Waals surface area contributed by atoms with Crippen LogP contribution in [-0.2, 0) is 4.74 Å². The largest absolute Gasteiger partial charge is 0.462 e. The second-order valence-corrected chi connectivity index (χ2v) is 4.64. The summed E-state index contributed by atoms with van der Waals surface area (Å²) in [6.45, 7) is 4.66. The van der Waals surface area contributed by atoms with Gasteiger partial charge in [0.1, 0.15) is 0 Å². The summed E-state index contributed by atoms with van der Waals surface area (Å²) in [6, 6.07) is 13.6. The third-order valence-electron chi connectivity index (χ3n) is 3.21. The molecule has 0 amide bonds. The first-order valence-electron chi connectivity index (χ1n) is 6.37. The monoisotopic (exact) mass is 242 g/mol. The second kappa shape index (κ2) is 5.67. The number of benzene rings is 2. The van der Waals surface area contributed by atoms with Gasteiger partial charge in [-0.2, -0.15) is 0 Å². The molecule has 0 aliphatic rings. The third kappa shape index (κ3) is 2.70. The summed E-state index contributed by atoms with van der Waals surface area (Å²) in [5.41, 5.74) is 0.649. The lowest BCUT2D eigenvalue weighted by atomic mass is 10.0. The van der Waals surface area contributed by atoms with Crippen molar-refractivity contribution in [3.8, 4) is 0 Å². The predicted octanol–water partition coefficient (Wildman–Crippen LogP) is 4.04. The Morgan fingerprint density at radius 1 is 1.17 bits per heavy atom. The maximum atomic E-state index is 12.1. The van der Waals surface area contributed by atoms with Crippen LogP contribution in [-0.4, -0.2) is 12.6 Å². The molecule has 0 fully saturated rings. The SMILES string of the molecule is CC[C@@H](C)COC(=O)c1cccc2ccccc12. The highest BCUT2D eigenvalue weighted by Crippen LogP contribution is 2.19. The molecule has 2 aromatic carbocycles. The molecule has 2 aromatic rings. The molecule has 0 spiro atoms. The Labute approximate surface area is 108 Å². The predicted molar refractivity (Wildman–Crippen MR) is 73.7 cm³/mol. The quantitative estimate of drug-likeness (QED) is 0.756. The van der Waals surface area contributed by atoms with E-state index in [0.717, 1.165) is 17.2 Å². The molecule has 0 unspecified atom stereocenters. The van der Waals surface area contributed by atoms with E-state index in [1.54, 1.807) is 0 Å². The molecule has 18 heavy (non-hydrogen) atoms. The van der Waals surface area contributed by atoms with Crippen molar-refractivity contribution in [1.82, 2.24) is 0 Å². The second-order valence-electron chi connectivity index (χ2n) is 4.64. The van der Waals surface area contributed by atoms with Gasteiger partial charge in [-0.1, -0.05) is 56.7 Å². The topological polar surface area (TPSA) is 26.3 Å². The molecule has 0 aliphatic heterocycles. The zero-order chi connectivity index (χ0) is 13.0. The Hall–Kier alpha value is -1.83. The highest BCUT2D eigenvalue weighted by molar-refractivity contribution is 6.04. The Bertz CT molecular complexity index is 540. The third-order valence-corrected chi connectivity index (χ3v) is 3.21. The van der Waals surface area contributed by atoms with Crippen molar-refractivity contribution >= 4 is 16.7 Å². The van der Waals surface area contributed by atoms with Crippen molar-refractivity contribution < 1.29 is 9.53 Å². The minimum absolute atomic E-state index is 0.230. The smallest absolute Gasteiger partial charge is 0.338 e. The highest BCUT2D eigenvalue weighted by Gasteiger charge is 2.11. The molecular weight excluding hydrogens is 224 g/mol. The Kier molecular flexibility index (Phi) is 3.98. The summed E-state index contributed by atoms with van der Waals surface area (Å²) < 4.78 is 5.35. The van der Waals surface area contributed by atoms with Crippen LogP contribution in [0, 0.1) is 5.92 Å². The first-order chi connectivity index (χ1) is 8.72. The normalized spacial score (nSPS) is 12.3. The van der Waals surface area contributed by atoms with E-state index in [1.807, 2.05) is 42.5 Å². The molecule has 0 N–H and O–H groups in total. The number of ether oxygens (including phenoxy) is 1. The molecule has 0 saturated carbocycles. The van der Waals surface area contributed by atoms with E-state index in [2.05, 4.69) is 13.8 Å². The van der Waals surface area contributed by atoms with Gasteiger partial charge in [-0.25, -0.2) is 4.79 Å².